The summed E-state index contributed by atoms with van der Waals surface area (Å²) >= 11 is 0. The SMILES string of the molecule is c1cc(-c2c3ccccc3c(-c3ccc4cc5c(ccc6ccccc65)cc4c3)c3ccccc23)c2cc3ccc4ccccc4c3cc2c1. The highest BCUT2D eigenvalue weighted by atomic mass is 14.2. The Morgan fingerprint density at radius 3 is 1.28 bits per heavy atom. The molecule has 0 fully saturated rings. The Kier molecular flexibility index (Phi) is 5.76. The highest BCUT2D eigenvalue weighted by molar-refractivity contribution is 6.25. The van der Waals surface area contributed by atoms with Gasteiger partial charge in [-0.15, -0.1) is 0 Å². The van der Waals surface area contributed by atoms with Gasteiger partial charge in [-0.3, -0.25) is 0 Å². The lowest BCUT2D eigenvalue weighted by atomic mass is 9.84. The zero-order chi connectivity index (χ0) is 32.8. The number of rotatable bonds is 2. The number of benzene rings is 11. The van der Waals surface area contributed by atoms with Crippen LogP contribution in [0.2, 0.25) is 0 Å². The molecular formula is C50H30. The van der Waals surface area contributed by atoms with Crippen molar-refractivity contribution in [2.24, 2.45) is 0 Å². The second-order valence-electron chi connectivity index (χ2n) is 13.6. The van der Waals surface area contributed by atoms with E-state index in [1.807, 2.05) is 0 Å². The first-order valence-electron chi connectivity index (χ1n) is 17.4. The molecule has 0 aliphatic rings. The Bertz CT molecular complexity index is 3140. The van der Waals surface area contributed by atoms with Crippen LogP contribution in [-0.2, 0) is 0 Å². The molecule has 0 heteroatoms. The Hall–Kier alpha value is -6.50. The normalized spacial score (nSPS) is 12.0. The number of hydrogen-bond donors (Lipinski definition) is 0. The molecule has 11 aromatic rings. The molecule has 0 aliphatic carbocycles. The maximum absolute atomic E-state index is 2.40. The van der Waals surface area contributed by atoms with E-state index in [-0.39, 0.29) is 0 Å². The molecule has 50 heavy (non-hydrogen) atoms. The fourth-order valence-corrected chi connectivity index (χ4v) is 8.64. The van der Waals surface area contributed by atoms with E-state index < -0.39 is 0 Å². The maximum atomic E-state index is 2.40. The zero-order valence-electron chi connectivity index (χ0n) is 27.3. The van der Waals surface area contributed by atoms with Crippen LogP contribution < -0.4 is 0 Å². The quantitative estimate of drug-likeness (QED) is 0.132. The van der Waals surface area contributed by atoms with E-state index in [9.17, 15) is 0 Å². The van der Waals surface area contributed by atoms with Gasteiger partial charge in [-0.2, -0.15) is 0 Å². The van der Waals surface area contributed by atoms with Crippen LogP contribution in [-0.4, -0.2) is 0 Å². The minimum atomic E-state index is 1.24. The van der Waals surface area contributed by atoms with Crippen molar-refractivity contribution < 1.29 is 0 Å². The summed E-state index contributed by atoms with van der Waals surface area (Å²) in [6.45, 7) is 0. The van der Waals surface area contributed by atoms with Gasteiger partial charge in [0.2, 0.25) is 0 Å². The van der Waals surface area contributed by atoms with Gasteiger partial charge in [0.1, 0.15) is 0 Å². The van der Waals surface area contributed by atoms with Gasteiger partial charge in [-0.25, -0.2) is 0 Å². The average molecular weight is 631 g/mol. The molecule has 11 aromatic carbocycles. The monoisotopic (exact) mass is 630 g/mol. The predicted octanol–water partition coefficient (Wildman–Crippen LogP) is 14.2. The lowest BCUT2D eigenvalue weighted by Gasteiger charge is -2.19. The molecule has 11 rings (SSSR count). The van der Waals surface area contributed by atoms with Gasteiger partial charge in [0, 0.05) is 0 Å². The molecule has 0 amide bonds. The second kappa shape index (κ2) is 10.5. The third-order valence-electron chi connectivity index (χ3n) is 10.9. The largest absolute Gasteiger partial charge is 0.0616 e. The van der Waals surface area contributed by atoms with Gasteiger partial charge >= 0.3 is 0 Å². The van der Waals surface area contributed by atoms with Crippen molar-refractivity contribution in [3.63, 3.8) is 0 Å². The first kappa shape index (κ1) is 27.5. The maximum Gasteiger partial charge on any atom is -0.00201 e. The summed E-state index contributed by atoms with van der Waals surface area (Å²) in [5.41, 5.74) is 5.10. The predicted molar refractivity (Wildman–Crippen MR) is 217 cm³/mol. The number of fused-ring (bicyclic) bond motifs is 10. The molecule has 0 saturated heterocycles. The molecule has 0 bridgehead atoms. The molecule has 0 spiro atoms. The molecule has 0 radical (unpaired) electrons. The Morgan fingerprint density at radius 1 is 0.200 bits per heavy atom. The molecule has 0 aliphatic heterocycles. The van der Waals surface area contributed by atoms with Crippen molar-refractivity contribution >= 4 is 86.2 Å². The van der Waals surface area contributed by atoms with Crippen molar-refractivity contribution in [1.82, 2.24) is 0 Å². The fourth-order valence-electron chi connectivity index (χ4n) is 8.64. The van der Waals surface area contributed by atoms with E-state index >= 15 is 0 Å². The lowest BCUT2D eigenvalue weighted by Crippen LogP contribution is -1.92. The van der Waals surface area contributed by atoms with Crippen LogP contribution in [0.3, 0.4) is 0 Å². The van der Waals surface area contributed by atoms with E-state index in [0.717, 1.165) is 0 Å². The topological polar surface area (TPSA) is 0 Å². The third kappa shape index (κ3) is 4.00. The highest BCUT2D eigenvalue weighted by Gasteiger charge is 2.19. The summed E-state index contributed by atoms with van der Waals surface area (Å²) in [6.07, 6.45) is 0. The Balaban J connectivity index is 1.18. The second-order valence-corrected chi connectivity index (χ2v) is 13.6. The minimum absolute atomic E-state index is 1.24. The van der Waals surface area contributed by atoms with Crippen LogP contribution in [0.25, 0.3) is 108 Å². The highest BCUT2D eigenvalue weighted by Crippen LogP contribution is 2.46. The van der Waals surface area contributed by atoms with E-state index in [2.05, 4.69) is 182 Å². The smallest absolute Gasteiger partial charge is 0.00201 e. The van der Waals surface area contributed by atoms with E-state index in [4.69, 9.17) is 0 Å². The summed E-state index contributed by atoms with van der Waals surface area (Å²) in [6, 6.07) is 67.8. The summed E-state index contributed by atoms with van der Waals surface area (Å²) < 4.78 is 0. The van der Waals surface area contributed by atoms with E-state index in [1.165, 1.54) is 108 Å². The standard InChI is InChI=1S/C50H30/c1-3-13-39-31(10-1)20-23-35-26-38-27-37(25-22-33(38)28-46(35)39)49-41-15-5-7-17-43(41)50(44-18-8-6-16-42(44)49)45-19-9-12-34-29-47-36(30-48(34)45)24-21-32-11-2-4-14-40(32)47/h1-30H. The van der Waals surface area contributed by atoms with E-state index in [1.54, 1.807) is 0 Å². The van der Waals surface area contributed by atoms with Crippen LogP contribution in [0.1, 0.15) is 0 Å². The molecule has 0 atom stereocenters. The van der Waals surface area contributed by atoms with Crippen molar-refractivity contribution in [1.29, 1.82) is 0 Å². The summed E-state index contributed by atoms with van der Waals surface area (Å²) in [4.78, 5) is 0. The first-order valence-corrected chi connectivity index (χ1v) is 17.4. The zero-order valence-corrected chi connectivity index (χ0v) is 27.3. The van der Waals surface area contributed by atoms with E-state index in [0.29, 0.717) is 0 Å². The van der Waals surface area contributed by atoms with Crippen LogP contribution in [0, 0.1) is 0 Å². The van der Waals surface area contributed by atoms with Crippen molar-refractivity contribution in [3.8, 4) is 22.3 Å². The molecule has 0 nitrogen and oxygen atoms in total. The van der Waals surface area contributed by atoms with Gasteiger partial charge in [-0.05, 0) is 139 Å². The van der Waals surface area contributed by atoms with Crippen molar-refractivity contribution in [2.75, 3.05) is 0 Å². The van der Waals surface area contributed by atoms with Crippen LogP contribution in [0.15, 0.2) is 182 Å². The van der Waals surface area contributed by atoms with Gasteiger partial charge in [0.05, 0.1) is 0 Å². The van der Waals surface area contributed by atoms with Gasteiger partial charge in [0.15, 0.2) is 0 Å². The van der Waals surface area contributed by atoms with Crippen LogP contribution in [0.5, 0.6) is 0 Å². The first-order chi connectivity index (χ1) is 24.8. The molecule has 0 aromatic heterocycles. The summed E-state index contributed by atoms with van der Waals surface area (Å²) in [5.74, 6) is 0. The lowest BCUT2D eigenvalue weighted by molar-refractivity contribution is 1.69. The minimum Gasteiger partial charge on any atom is -0.0616 e. The van der Waals surface area contributed by atoms with Gasteiger partial charge in [0.25, 0.3) is 0 Å². The Morgan fingerprint density at radius 2 is 0.640 bits per heavy atom. The molecule has 0 N–H and O–H groups in total. The molecule has 0 saturated carbocycles. The Labute approximate surface area is 289 Å². The van der Waals surface area contributed by atoms with Crippen LogP contribution in [0.4, 0.5) is 0 Å². The van der Waals surface area contributed by atoms with Crippen molar-refractivity contribution in [3.05, 3.63) is 182 Å². The van der Waals surface area contributed by atoms with Gasteiger partial charge < -0.3 is 0 Å². The molecule has 230 valence electrons. The third-order valence-corrected chi connectivity index (χ3v) is 10.9. The van der Waals surface area contributed by atoms with Crippen molar-refractivity contribution in [2.45, 2.75) is 0 Å². The molecule has 0 heterocycles. The van der Waals surface area contributed by atoms with Gasteiger partial charge in [-0.1, -0.05) is 152 Å². The van der Waals surface area contributed by atoms with Crippen LogP contribution >= 0.6 is 0 Å². The summed E-state index contributed by atoms with van der Waals surface area (Å²) in [5, 5.41) is 20.5. The fraction of sp³-hybridized carbons (Fsp3) is 0. The molecule has 0 unspecified atom stereocenters. The molecular weight excluding hydrogens is 601 g/mol. The number of hydrogen-bond acceptors (Lipinski definition) is 0. The summed E-state index contributed by atoms with van der Waals surface area (Å²) in [7, 11) is 0. The average Bonchev–Trinajstić information content (AvgIpc) is 3.18.